The summed E-state index contributed by atoms with van der Waals surface area (Å²) >= 11 is 1.76. The summed E-state index contributed by atoms with van der Waals surface area (Å²) in [4.78, 5) is 24.9. The van der Waals surface area contributed by atoms with E-state index in [4.69, 9.17) is 19.8 Å². The number of aliphatic hydroxyl groups is 1. The molecule has 4 aromatic rings. The number of benzene rings is 1. The number of Topliss-reactive ketones (excluding diaryl/α,β-unsaturated/α-hetero) is 1. The molecule has 1 saturated heterocycles. The summed E-state index contributed by atoms with van der Waals surface area (Å²) < 4.78 is 6.68. The fraction of sp³-hybridized carbons (Fsp3) is 0.417. The summed E-state index contributed by atoms with van der Waals surface area (Å²) in [5, 5.41) is 17.1. The first-order valence-electron chi connectivity index (χ1n) is 11.4. The number of rotatable bonds is 9. The molecule has 9 heteroatoms. The van der Waals surface area contributed by atoms with E-state index in [2.05, 4.69) is 21.2 Å². The normalized spacial score (nSPS) is 14.4. The number of hydrogen-bond donors (Lipinski definition) is 2. The number of aliphatic hydroxyl groups excluding tert-OH is 1. The van der Waals surface area contributed by atoms with Crippen LogP contribution in [0.2, 0.25) is 0 Å². The van der Waals surface area contributed by atoms with Crippen LogP contribution < -0.4 is 4.90 Å². The van der Waals surface area contributed by atoms with E-state index in [1.165, 1.54) is 4.88 Å². The number of morpholine rings is 1. The van der Waals surface area contributed by atoms with Crippen LogP contribution in [0.3, 0.4) is 0 Å². The molecule has 0 unspecified atom stereocenters. The van der Waals surface area contributed by atoms with Gasteiger partial charge in [-0.2, -0.15) is 5.10 Å². The Balaban J connectivity index is 1.45. The highest BCUT2D eigenvalue weighted by Gasteiger charge is 2.21. The first-order chi connectivity index (χ1) is 16.2. The third-order valence-corrected chi connectivity index (χ3v) is 7.18. The molecular weight excluding hydrogens is 438 g/mol. The van der Waals surface area contributed by atoms with Crippen LogP contribution in [-0.2, 0) is 16.0 Å². The van der Waals surface area contributed by atoms with Crippen molar-refractivity contribution in [2.24, 2.45) is 0 Å². The Morgan fingerprint density at radius 2 is 2.06 bits per heavy atom. The van der Waals surface area contributed by atoms with Crippen molar-refractivity contribution in [3.63, 3.8) is 0 Å². The zero-order chi connectivity index (χ0) is 22.6. The highest BCUT2D eigenvalue weighted by atomic mass is 32.1. The number of ketones is 1. The first kappa shape index (κ1) is 21.9. The van der Waals surface area contributed by atoms with E-state index in [0.29, 0.717) is 25.5 Å². The van der Waals surface area contributed by atoms with Crippen LogP contribution in [-0.4, -0.2) is 64.0 Å². The standard InChI is InChI=1S/C24H27N5O3S/c30-15-16(31)5-2-1-3-6-17-13-21-22(33-17)24(29-9-11-32-12-10-29)27-23(26-21)18-7-4-8-20-19(18)14-25-28-20/h4,7-8,13-14,30H,1-3,5-6,9-12,15H2,(H,25,28). The van der Waals surface area contributed by atoms with E-state index in [-0.39, 0.29) is 12.4 Å². The Bertz CT molecular complexity index is 1260. The number of fused-ring (bicyclic) bond motifs is 2. The number of carbonyl (C=O) groups is 1. The van der Waals surface area contributed by atoms with Crippen molar-refractivity contribution in [1.29, 1.82) is 0 Å². The number of thiophene rings is 1. The fourth-order valence-electron chi connectivity index (χ4n) is 4.24. The molecule has 1 aliphatic rings. The molecule has 5 rings (SSSR count). The van der Waals surface area contributed by atoms with Crippen LogP contribution in [0.4, 0.5) is 5.82 Å². The Hall–Kier alpha value is -2.88. The van der Waals surface area contributed by atoms with Gasteiger partial charge >= 0.3 is 0 Å². The van der Waals surface area contributed by atoms with Crippen LogP contribution in [0.5, 0.6) is 0 Å². The largest absolute Gasteiger partial charge is 0.389 e. The van der Waals surface area contributed by atoms with Crippen LogP contribution in [0.25, 0.3) is 32.5 Å². The van der Waals surface area contributed by atoms with Gasteiger partial charge in [-0.1, -0.05) is 18.6 Å². The SMILES string of the molecule is O=C(CO)CCCCCc1cc2nc(-c3cccc4[nH]ncc34)nc(N3CCOCC3)c2s1. The molecule has 0 saturated carbocycles. The van der Waals surface area contributed by atoms with Gasteiger partial charge in [0.25, 0.3) is 0 Å². The molecule has 2 N–H and O–H groups in total. The van der Waals surface area contributed by atoms with Gasteiger partial charge in [-0.25, -0.2) is 9.97 Å². The molecule has 0 spiro atoms. The lowest BCUT2D eigenvalue weighted by molar-refractivity contribution is -0.121. The van der Waals surface area contributed by atoms with Crippen molar-refractivity contribution in [1.82, 2.24) is 20.2 Å². The number of anilines is 1. The molecule has 3 aromatic heterocycles. The number of nitrogens with one attached hydrogen (secondary N) is 1. The zero-order valence-electron chi connectivity index (χ0n) is 18.4. The van der Waals surface area contributed by atoms with Crippen molar-refractivity contribution in [3.8, 4) is 11.4 Å². The number of aromatic nitrogens is 4. The predicted molar refractivity (Wildman–Crippen MR) is 130 cm³/mol. The second kappa shape index (κ2) is 9.94. The highest BCUT2D eigenvalue weighted by Crippen LogP contribution is 2.36. The Kier molecular flexibility index (Phi) is 6.61. The second-order valence-electron chi connectivity index (χ2n) is 8.29. The molecule has 0 amide bonds. The van der Waals surface area contributed by atoms with E-state index in [9.17, 15) is 4.79 Å². The summed E-state index contributed by atoms with van der Waals surface area (Å²) in [6.07, 6.45) is 6.03. The summed E-state index contributed by atoms with van der Waals surface area (Å²) in [6, 6.07) is 8.23. The minimum absolute atomic E-state index is 0.0811. The quantitative estimate of drug-likeness (QED) is 0.363. The van der Waals surface area contributed by atoms with Gasteiger partial charge in [-0.3, -0.25) is 9.89 Å². The lowest BCUT2D eigenvalue weighted by Gasteiger charge is -2.28. The van der Waals surface area contributed by atoms with Gasteiger partial charge < -0.3 is 14.7 Å². The molecule has 0 atom stereocenters. The van der Waals surface area contributed by atoms with Crippen LogP contribution in [0.1, 0.15) is 30.6 Å². The number of nitrogens with zero attached hydrogens (tertiary/aromatic N) is 4. The third kappa shape index (κ3) is 4.75. The number of aromatic amines is 1. The number of hydrogen-bond acceptors (Lipinski definition) is 8. The van der Waals surface area contributed by atoms with Crippen molar-refractivity contribution >= 4 is 44.1 Å². The number of carbonyl (C=O) groups excluding carboxylic acids is 1. The number of unbranched alkanes of at least 4 members (excludes halogenated alkanes) is 2. The van der Waals surface area contributed by atoms with Crippen LogP contribution in [0.15, 0.2) is 30.5 Å². The topological polar surface area (TPSA) is 104 Å². The van der Waals surface area contributed by atoms with Crippen LogP contribution >= 0.6 is 11.3 Å². The van der Waals surface area contributed by atoms with E-state index in [1.54, 1.807) is 11.3 Å². The first-order valence-corrected chi connectivity index (χ1v) is 12.2. The summed E-state index contributed by atoms with van der Waals surface area (Å²) in [7, 11) is 0. The minimum Gasteiger partial charge on any atom is -0.389 e. The van der Waals surface area contributed by atoms with Crippen LogP contribution in [0, 0.1) is 0 Å². The Morgan fingerprint density at radius 1 is 1.18 bits per heavy atom. The maximum absolute atomic E-state index is 11.3. The number of H-pyrrole nitrogens is 1. The van der Waals surface area contributed by atoms with Crippen molar-refractivity contribution in [3.05, 3.63) is 35.3 Å². The van der Waals surface area contributed by atoms with Gasteiger partial charge in [0.05, 0.1) is 35.1 Å². The van der Waals surface area contributed by atoms with E-state index in [0.717, 1.165) is 71.3 Å². The van der Waals surface area contributed by atoms with E-state index < -0.39 is 0 Å². The Labute approximate surface area is 195 Å². The number of ether oxygens (including phenoxy) is 1. The smallest absolute Gasteiger partial charge is 0.162 e. The molecule has 172 valence electrons. The van der Waals surface area contributed by atoms with Crippen molar-refractivity contribution < 1.29 is 14.6 Å². The van der Waals surface area contributed by atoms with E-state index >= 15 is 0 Å². The van der Waals surface area contributed by atoms with Crippen molar-refractivity contribution in [2.45, 2.75) is 32.1 Å². The predicted octanol–water partition coefficient (Wildman–Crippen LogP) is 3.74. The minimum atomic E-state index is -0.353. The molecule has 1 fully saturated rings. The second-order valence-corrected chi connectivity index (χ2v) is 9.43. The average Bonchev–Trinajstić information content (AvgIpc) is 3.50. The lowest BCUT2D eigenvalue weighted by Crippen LogP contribution is -2.36. The monoisotopic (exact) mass is 465 g/mol. The molecule has 0 bridgehead atoms. The van der Waals surface area contributed by atoms with E-state index in [1.807, 2.05) is 24.4 Å². The van der Waals surface area contributed by atoms with Gasteiger partial charge in [0.1, 0.15) is 6.61 Å². The molecule has 1 aliphatic heterocycles. The maximum atomic E-state index is 11.3. The molecule has 8 nitrogen and oxygen atoms in total. The summed E-state index contributed by atoms with van der Waals surface area (Å²) in [5.74, 6) is 1.61. The van der Waals surface area contributed by atoms with Gasteiger partial charge in [0, 0.05) is 35.3 Å². The van der Waals surface area contributed by atoms with Gasteiger partial charge in [0.2, 0.25) is 0 Å². The number of aryl methyl sites for hydroxylation is 1. The third-order valence-electron chi connectivity index (χ3n) is 6.00. The molecule has 1 aromatic carbocycles. The van der Waals surface area contributed by atoms with Gasteiger partial charge in [0.15, 0.2) is 17.4 Å². The molecule has 4 heterocycles. The average molecular weight is 466 g/mol. The molecule has 0 aliphatic carbocycles. The summed E-state index contributed by atoms with van der Waals surface area (Å²) in [5.41, 5.74) is 2.91. The lowest BCUT2D eigenvalue weighted by atomic mass is 10.1. The fourth-order valence-corrected chi connectivity index (χ4v) is 5.39. The van der Waals surface area contributed by atoms with Gasteiger partial charge in [-0.05, 0) is 31.4 Å². The Morgan fingerprint density at radius 3 is 2.91 bits per heavy atom. The molecule has 0 radical (unpaired) electrons. The molecule has 33 heavy (non-hydrogen) atoms. The maximum Gasteiger partial charge on any atom is 0.162 e. The summed E-state index contributed by atoms with van der Waals surface area (Å²) in [6.45, 7) is 2.67. The van der Waals surface area contributed by atoms with Gasteiger partial charge in [-0.15, -0.1) is 11.3 Å². The highest BCUT2D eigenvalue weighted by molar-refractivity contribution is 7.19. The van der Waals surface area contributed by atoms with Crippen molar-refractivity contribution in [2.75, 3.05) is 37.8 Å². The zero-order valence-corrected chi connectivity index (χ0v) is 19.2. The molecular formula is C24H27N5O3S.